The van der Waals surface area contributed by atoms with Gasteiger partial charge in [0.05, 0.1) is 0 Å². The van der Waals surface area contributed by atoms with Crippen molar-refractivity contribution in [3.05, 3.63) is 0 Å². The second kappa shape index (κ2) is 5.28. The Kier molecular flexibility index (Phi) is 4.56. The maximum absolute atomic E-state index is 9.15. The van der Waals surface area contributed by atoms with Crippen molar-refractivity contribution in [2.45, 2.75) is 33.2 Å². The molecule has 3 heteroatoms. The first-order valence-electron chi connectivity index (χ1n) is 5.98. The van der Waals surface area contributed by atoms with Crippen molar-refractivity contribution < 1.29 is 5.11 Å². The minimum absolute atomic E-state index is 0.263. The van der Waals surface area contributed by atoms with Gasteiger partial charge in [-0.25, -0.2) is 0 Å². The van der Waals surface area contributed by atoms with Crippen molar-refractivity contribution in [2.75, 3.05) is 39.8 Å². The van der Waals surface area contributed by atoms with Crippen LogP contribution in [-0.4, -0.2) is 60.8 Å². The lowest BCUT2D eigenvalue weighted by molar-refractivity contribution is 0.0386. The molecule has 1 heterocycles. The van der Waals surface area contributed by atoms with Gasteiger partial charge in [-0.15, -0.1) is 0 Å². The molecule has 0 aliphatic carbocycles. The number of piperazine rings is 1. The predicted molar refractivity (Wildman–Crippen MR) is 64.0 cm³/mol. The number of likely N-dealkylation sites (N-methyl/N-ethyl adjacent to an activating group) is 1. The molecule has 1 saturated heterocycles. The van der Waals surface area contributed by atoms with Gasteiger partial charge in [0, 0.05) is 38.8 Å². The predicted octanol–water partition coefficient (Wildman–Crippen LogP) is 1.03. The molecule has 1 aliphatic heterocycles. The molecule has 0 saturated carbocycles. The quantitative estimate of drug-likeness (QED) is 0.760. The molecule has 15 heavy (non-hydrogen) atoms. The summed E-state index contributed by atoms with van der Waals surface area (Å²) >= 11 is 0. The molecule has 0 aromatic carbocycles. The van der Waals surface area contributed by atoms with Gasteiger partial charge in [-0.1, -0.05) is 20.8 Å². The zero-order valence-corrected chi connectivity index (χ0v) is 10.7. The van der Waals surface area contributed by atoms with Crippen molar-refractivity contribution in [3.63, 3.8) is 0 Å². The molecule has 0 aromatic heterocycles. The van der Waals surface area contributed by atoms with E-state index in [4.69, 9.17) is 5.11 Å². The van der Waals surface area contributed by atoms with Gasteiger partial charge in [-0.2, -0.15) is 0 Å². The molecule has 0 aromatic rings. The summed E-state index contributed by atoms with van der Waals surface area (Å²) in [6.07, 6.45) is 0.896. The normalized spacial score (nSPS) is 23.0. The van der Waals surface area contributed by atoms with Crippen LogP contribution in [0.25, 0.3) is 0 Å². The highest BCUT2D eigenvalue weighted by molar-refractivity contribution is 4.85. The molecule has 1 N–H and O–H groups in total. The van der Waals surface area contributed by atoms with E-state index in [9.17, 15) is 0 Å². The van der Waals surface area contributed by atoms with Crippen molar-refractivity contribution >= 4 is 0 Å². The maximum Gasteiger partial charge on any atom is 0.0446 e. The molecule has 90 valence electrons. The Morgan fingerprint density at radius 3 is 2.07 bits per heavy atom. The van der Waals surface area contributed by atoms with Crippen LogP contribution in [0.4, 0.5) is 0 Å². The summed E-state index contributed by atoms with van der Waals surface area (Å²) in [5.41, 5.74) is 0.263. The van der Waals surface area contributed by atoms with E-state index in [1.807, 2.05) is 0 Å². The maximum atomic E-state index is 9.15. The summed E-state index contributed by atoms with van der Waals surface area (Å²) in [7, 11) is 2.18. The molecule has 0 bridgehead atoms. The summed E-state index contributed by atoms with van der Waals surface area (Å²) in [5.74, 6) is 0. The van der Waals surface area contributed by atoms with E-state index in [2.05, 4.69) is 37.6 Å². The highest BCUT2D eigenvalue weighted by Crippen LogP contribution is 2.27. The van der Waals surface area contributed by atoms with E-state index in [0.29, 0.717) is 12.6 Å². The van der Waals surface area contributed by atoms with Gasteiger partial charge in [0.1, 0.15) is 0 Å². The number of hydrogen-bond donors (Lipinski definition) is 1. The number of hydrogen-bond acceptors (Lipinski definition) is 3. The Morgan fingerprint density at radius 2 is 1.67 bits per heavy atom. The molecule has 0 spiro atoms. The lowest BCUT2D eigenvalue weighted by atomic mass is 9.83. The summed E-state index contributed by atoms with van der Waals surface area (Å²) in [6.45, 7) is 11.7. The van der Waals surface area contributed by atoms with Crippen LogP contribution in [-0.2, 0) is 0 Å². The van der Waals surface area contributed by atoms with Gasteiger partial charge < -0.3 is 10.0 Å². The van der Waals surface area contributed by atoms with E-state index in [0.717, 1.165) is 32.6 Å². The van der Waals surface area contributed by atoms with Gasteiger partial charge >= 0.3 is 0 Å². The van der Waals surface area contributed by atoms with Crippen LogP contribution >= 0.6 is 0 Å². The first kappa shape index (κ1) is 12.9. The fourth-order valence-electron chi connectivity index (χ4n) is 2.42. The lowest BCUT2D eigenvalue weighted by Gasteiger charge is -2.43. The first-order chi connectivity index (χ1) is 6.95. The molecule has 1 atom stereocenters. The van der Waals surface area contributed by atoms with Crippen LogP contribution < -0.4 is 0 Å². The largest absolute Gasteiger partial charge is 0.396 e. The van der Waals surface area contributed by atoms with Crippen LogP contribution in [0.1, 0.15) is 27.2 Å². The smallest absolute Gasteiger partial charge is 0.0446 e. The number of aliphatic hydroxyl groups is 1. The number of rotatable bonds is 3. The molecule has 1 fully saturated rings. The molecule has 0 amide bonds. The van der Waals surface area contributed by atoms with Crippen LogP contribution in [0.5, 0.6) is 0 Å². The Morgan fingerprint density at radius 1 is 1.13 bits per heavy atom. The van der Waals surface area contributed by atoms with Crippen molar-refractivity contribution in [2.24, 2.45) is 5.41 Å². The van der Waals surface area contributed by atoms with E-state index in [-0.39, 0.29) is 5.41 Å². The molecule has 0 radical (unpaired) electrons. The first-order valence-corrected chi connectivity index (χ1v) is 5.98. The SMILES string of the molecule is CN1CCN(C(CCO)C(C)(C)C)CC1. The van der Waals surface area contributed by atoms with Crippen LogP contribution in [0.15, 0.2) is 0 Å². The van der Waals surface area contributed by atoms with Crippen molar-refractivity contribution in [1.29, 1.82) is 0 Å². The summed E-state index contributed by atoms with van der Waals surface area (Å²) in [4.78, 5) is 4.91. The summed E-state index contributed by atoms with van der Waals surface area (Å²) in [5, 5.41) is 9.15. The van der Waals surface area contributed by atoms with Crippen molar-refractivity contribution in [1.82, 2.24) is 9.80 Å². The Labute approximate surface area is 94.1 Å². The van der Waals surface area contributed by atoms with Crippen LogP contribution in [0.3, 0.4) is 0 Å². The molecule has 1 rings (SSSR count). The summed E-state index contributed by atoms with van der Waals surface area (Å²) < 4.78 is 0. The number of aliphatic hydroxyl groups excluding tert-OH is 1. The highest BCUT2D eigenvalue weighted by atomic mass is 16.3. The van der Waals surface area contributed by atoms with Gasteiger partial charge in [-0.05, 0) is 18.9 Å². The van der Waals surface area contributed by atoms with E-state index in [1.165, 1.54) is 0 Å². The third-order valence-corrected chi connectivity index (χ3v) is 3.38. The minimum atomic E-state index is 0.263. The second-order valence-corrected chi connectivity index (χ2v) is 5.73. The average molecular weight is 214 g/mol. The van der Waals surface area contributed by atoms with Gasteiger partial charge in [0.2, 0.25) is 0 Å². The van der Waals surface area contributed by atoms with E-state index in [1.54, 1.807) is 0 Å². The number of nitrogens with zero attached hydrogens (tertiary/aromatic N) is 2. The molecule has 1 unspecified atom stereocenters. The zero-order valence-electron chi connectivity index (χ0n) is 10.7. The third kappa shape index (κ3) is 3.74. The molecular formula is C12H26N2O. The van der Waals surface area contributed by atoms with Gasteiger partial charge in [0.15, 0.2) is 0 Å². The molecule has 1 aliphatic rings. The second-order valence-electron chi connectivity index (χ2n) is 5.73. The Hall–Kier alpha value is -0.120. The Bertz CT molecular complexity index is 181. The fraction of sp³-hybridized carbons (Fsp3) is 1.00. The highest BCUT2D eigenvalue weighted by Gasteiger charge is 2.31. The average Bonchev–Trinajstić information content (AvgIpc) is 2.14. The topological polar surface area (TPSA) is 26.7 Å². The summed E-state index contributed by atoms with van der Waals surface area (Å²) in [6, 6.07) is 0.510. The minimum Gasteiger partial charge on any atom is -0.396 e. The van der Waals surface area contributed by atoms with Crippen molar-refractivity contribution in [3.8, 4) is 0 Å². The lowest BCUT2D eigenvalue weighted by Crippen LogP contribution is -2.53. The van der Waals surface area contributed by atoms with E-state index >= 15 is 0 Å². The molecule has 3 nitrogen and oxygen atoms in total. The van der Waals surface area contributed by atoms with Crippen LogP contribution in [0, 0.1) is 5.41 Å². The Balaban J connectivity index is 2.56. The molecular weight excluding hydrogens is 188 g/mol. The fourth-order valence-corrected chi connectivity index (χ4v) is 2.42. The van der Waals surface area contributed by atoms with Gasteiger partial charge in [-0.3, -0.25) is 4.90 Å². The van der Waals surface area contributed by atoms with Crippen LogP contribution in [0.2, 0.25) is 0 Å². The zero-order chi connectivity index (χ0) is 11.5. The standard InChI is InChI=1S/C12H26N2O/c1-12(2,3)11(5-10-15)14-8-6-13(4)7-9-14/h11,15H,5-10H2,1-4H3. The van der Waals surface area contributed by atoms with Gasteiger partial charge in [0.25, 0.3) is 0 Å². The third-order valence-electron chi connectivity index (χ3n) is 3.38. The van der Waals surface area contributed by atoms with E-state index < -0.39 is 0 Å². The monoisotopic (exact) mass is 214 g/mol.